The van der Waals surface area contributed by atoms with Crippen molar-refractivity contribution in [3.05, 3.63) is 111 Å². The number of rotatable bonds is 17. The Morgan fingerprint density at radius 1 is 0.974 bits per heavy atom. The smallest absolute Gasteiger partial charge is 0.416 e. The lowest BCUT2D eigenvalue weighted by Crippen LogP contribution is -2.45. The van der Waals surface area contributed by atoms with E-state index in [1.165, 1.54) is 17.0 Å². The van der Waals surface area contributed by atoms with Gasteiger partial charge in [-0.3, -0.25) is 24.6 Å². The van der Waals surface area contributed by atoms with Crippen LogP contribution < -0.4 is 19.8 Å². The highest BCUT2D eigenvalue weighted by atomic mass is 35.5. The number of nitrogens with one attached hydrogen (secondary N) is 1. The molecular formula is C48H60Cl5F3N3O15PS. The summed E-state index contributed by atoms with van der Waals surface area (Å²) in [6.45, 7) is 9.05. The highest BCUT2D eigenvalue weighted by molar-refractivity contribution is 7.94. The summed E-state index contributed by atoms with van der Waals surface area (Å²) < 4.78 is 74.2. The summed E-state index contributed by atoms with van der Waals surface area (Å²) in [6.07, 6.45) is 2.96. The van der Waals surface area contributed by atoms with Crippen LogP contribution >= 0.6 is 65.6 Å². The number of hydrogen-bond donors (Lipinski definition) is 4. The maximum absolute atomic E-state index is 12.7. The maximum Gasteiger partial charge on any atom is 0.416 e. The molecule has 0 saturated carbocycles. The summed E-state index contributed by atoms with van der Waals surface area (Å²) in [5, 5.41) is 18.4. The van der Waals surface area contributed by atoms with Gasteiger partial charge in [0.05, 0.1) is 71.3 Å². The molecule has 28 heteroatoms. The minimum Gasteiger partial charge on any atom is -0.778 e. The van der Waals surface area contributed by atoms with Crippen LogP contribution in [0, 0.1) is 0 Å². The lowest BCUT2D eigenvalue weighted by Gasteiger charge is -2.29. The first-order valence-corrected chi connectivity index (χ1v) is 28.6. The van der Waals surface area contributed by atoms with Gasteiger partial charge in [-0.15, -0.1) is 11.6 Å². The average Bonchev–Trinajstić information content (AvgIpc) is 3.98. The van der Waals surface area contributed by atoms with Gasteiger partial charge in [0.15, 0.2) is 10.9 Å². The first-order valence-electron chi connectivity index (χ1n) is 22.2. The molecule has 2 heterocycles. The van der Waals surface area contributed by atoms with Gasteiger partial charge in [-0.05, 0) is 104 Å². The zero-order chi connectivity index (χ0) is 58.3. The molecule has 18 nitrogen and oxygen atoms in total. The Kier molecular flexibility index (Phi) is 30.5. The number of methoxy groups -OCH3 is 1. The predicted octanol–water partition coefficient (Wildman–Crippen LogP) is 9.80. The van der Waals surface area contributed by atoms with Crippen molar-refractivity contribution in [2.45, 2.75) is 76.4 Å². The van der Waals surface area contributed by atoms with Crippen molar-refractivity contribution in [3.63, 3.8) is 0 Å². The molecule has 4 N–H and O–H groups in total. The van der Waals surface area contributed by atoms with Crippen molar-refractivity contribution in [1.82, 2.24) is 10.2 Å². The van der Waals surface area contributed by atoms with Crippen molar-refractivity contribution < 1.29 is 85.1 Å². The van der Waals surface area contributed by atoms with E-state index in [0.29, 0.717) is 29.3 Å². The molecule has 2 unspecified atom stereocenters. The van der Waals surface area contributed by atoms with Gasteiger partial charge in [0.1, 0.15) is 49.3 Å². The number of para-hydroxylation sites is 1. The van der Waals surface area contributed by atoms with Crippen LogP contribution in [0.1, 0.15) is 73.5 Å². The van der Waals surface area contributed by atoms with Crippen molar-refractivity contribution in [2.75, 3.05) is 62.8 Å². The Balaban J connectivity index is 0.000000519. The molecule has 76 heavy (non-hydrogen) atoms. The largest absolute Gasteiger partial charge is 0.778 e. The van der Waals surface area contributed by atoms with Crippen LogP contribution in [0.15, 0.2) is 77.4 Å². The fraction of sp³-hybridized carbons (Fsp3) is 0.438. The molecule has 1 aliphatic rings. The van der Waals surface area contributed by atoms with Gasteiger partial charge in [0.25, 0.3) is 5.91 Å². The molecule has 0 radical (unpaired) electrons. The summed E-state index contributed by atoms with van der Waals surface area (Å²) in [5.74, 6) is -3.39. The van der Waals surface area contributed by atoms with Gasteiger partial charge in [-0.2, -0.15) is 13.2 Å². The summed E-state index contributed by atoms with van der Waals surface area (Å²) in [4.78, 5) is 76.4. The van der Waals surface area contributed by atoms with Crippen LogP contribution in [0.5, 0.6) is 11.5 Å². The van der Waals surface area contributed by atoms with Crippen LogP contribution in [0.25, 0.3) is 0 Å². The van der Waals surface area contributed by atoms with Crippen LogP contribution in [-0.4, -0.2) is 124 Å². The molecule has 0 bridgehead atoms. The fourth-order valence-electron chi connectivity index (χ4n) is 6.14. The summed E-state index contributed by atoms with van der Waals surface area (Å²) in [6, 6.07) is 16.0. The van der Waals surface area contributed by atoms with Crippen molar-refractivity contribution in [2.24, 2.45) is 0 Å². The third-order valence-corrected chi connectivity index (χ3v) is 11.4. The van der Waals surface area contributed by atoms with Crippen molar-refractivity contribution in [1.29, 1.82) is 0 Å². The van der Waals surface area contributed by atoms with Crippen LogP contribution in [-0.2, 0) is 67.9 Å². The normalized spacial score (nSPS) is 14.7. The second kappa shape index (κ2) is 33.2. The van der Waals surface area contributed by atoms with E-state index < -0.39 is 66.7 Å². The molecular weight excluding hydrogens is 1160 g/mol. The number of carboxylic acid groups (broad SMARTS) is 2. The number of nitrogens with zero attached hydrogens (tertiary/aromatic N) is 2. The van der Waals surface area contributed by atoms with Crippen LogP contribution in [0.2, 0.25) is 10.0 Å². The Morgan fingerprint density at radius 2 is 1.57 bits per heavy atom. The topological polar surface area (TPSA) is 255 Å². The predicted molar refractivity (Wildman–Crippen MR) is 285 cm³/mol. The fourth-order valence-corrected chi connectivity index (χ4v) is 7.33. The Labute approximate surface area is 466 Å². The zero-order valence-corrected chi connectivity index (χ0v) is 48.1. The molecule has 1 aromatic heterocycles. The number of ether oxygens (including phenoxy) is 4. The van der Waals surface area contributed by atoms with Gasteiger partial charge in [-0.25, -0.2) is 9.59 Å². The van der Waals surface area contributed by atoms with Crippen molar-refractivity contribution >= 4 is 112 Å². The average molecular weight is 1220 g/mol. The highest BCUT2D eigenvalue weighted by Gasteiger charge is 2.45. The zero-order valence-electron chi connectivity index (χ0n) is 42.6. The van der Waals surface area contributed by atoms with Gasteiger partial charge in [-0.1, -0.05) is 78.5 Å². The number of carbonyl (C=O) groups excluding carboxylic acids is 3. The van der Waals surface area contributed by atoms with Gasteiger partial charge >= 0.3 is 24.1 Å². The number of carbonyl (C=O) groups is 5. The number of aliphatic carboxylic acids is 2. The number of furan rings is 1. The minimum atomic E-state index is -4.56. The number of benzene rings is 3. The molecule has 2 amide bonds. The molecule has 424 valence electrons. The minimum absolute atomic E-state index is 0.0246. The number of amides is 2. The number of alkyl halides is 6. The van der Waals surface area contributed by atoms with Gasteiger partial charge in [0, 0.05) is 7.11 Å². The van der Waals surface area contributed by atoms with E-state index in [1.807, 2.05) is 29.6 Å². The second-order valence-electron chi connectivity index (χ2n) is 16.4. The lowest BCUT2D eigenvalue weighted by atomic mass is 10.0. The SMILES string of the molecule is CC1(C)OC(c2ccco2)CN1C(=O)C(Cl)Cl.CCc1cccc(CC)c1N(COC)C(=O)CCl.C[C@H](OC(=O)c1cc(Oc2ccc(C(F)(F)F)cc2Cl)ccc1Cl)C(=O)O.C[S+](C)C.O=C(O)CNCP(=O)([O-])O. The Morgan fingerprint density at radius 3 is 2.01 bits per heavy atom. The van der Waals surface area contributed by atoms with Gasteiger partial charge < -0.3 is 52.8 Å². The number of aryl methyl sites for hydroxylation is 2. The Hall–Kier alpha value is -4.29. The highest BCUT2D eigenvalue weighted by Crippen LogP contribution is 2.39. The molecule has 0 spiro atoms. The standard InChI is InChI=1S/C17H11Cl2F3O5.C14H20ClNO2.C11H13Cl2NO3.C3H8NO5P.C3H9S/c1-8(15(23)24)26-16(25)11-7-10(3-4-12(11)18)27-14-5-2-9(6-13(14)19)17(20,21)22;1-4-11-7-6-8-12(5-2)14(11)16(10-18-3)13(17)9-15;1-11(2)14(10(15)9(12)13)6-8(17-11)7-4-3-5-16-7;5-3(6)1-4-2-10(7,8)9;1-4(2)3/h2-8H,1H3,(H,23,24);6-8H,4-5,9-10H2,1-3H3;3-5,8-9H,6H2,1-2H3;4H,1-2H2,(H,5,6)(H2,7,8,9);1-3H3/q;;;;+1/p-1/t8-;;;;/m0..../s1. The number of carboxylic acids is 2. The molecule has 1 saturated heterocycles. The molecule has 0 aliphatic carbocycles. The second-order valence-corrected chi connectivity index (χ2v) is 22.7. The maximum atomic E-state index is 12.7. The molecule has 4 aromatic rings. The van der Waals surface area contributed by atoms with E-state index in [4.69, 9.17) is 96.5 Å². The van der Waals surface area contributed by atoms with Crippen molar-refractivity contribution in [3.8, 4) is 11.5 Å². The number of anilines is 1. The van der Waals surface area contributed by atoms with Crippen LogP contribution in [0.4, 0.5) is 18.9 Å². The number of esters is 1. The molecule has 5 rings (SSSR count). The Bertz CT molecular complexity index is 2530. The summed E-state index contributed by atoms with van der Waals surface area (Å²) in [7, 11) is -2.13. The quantitative estimate of drug-likeness (QED) is 0.0252. The summed E-state index contributed by atoms with van der Waals surface area (Å²) >= 11 is 28.6. The number of halogens is 8. The first-order chi connectivity index (χ1) is 35.2. The van der Waals surface area contributed by atoms with E-state index in [1.54, 1.807) is 38.2 Å². The van der Waals surface area contributed by atoms with E-state index in [-0.39, 0.29) is 57.6 Å². The lowest BCUT2D eigenvalue weighted by molar-refractivity contribution is -0.193. The van der Waals surface area contributed by atoms with E-state index >= 15 is 0 Å². The molecule has 3 aromatic carbocycles. The monoisotopic (exact) mass is 1210 g/mol. The van der Waals surface area contributed by atoms with E-state index in [2.05, 4.69) is 32.6 Å². The van der Waals surface area contributed by atoms with E-state index in [9.17, 15) is 46.6 Å². The van der Waals surface area contributed by atoms with Crippen LogP contribution in [0.3, 0.4) is 0 Å². The molecule has 1 fully saturated rings. The number of hydrogen-bond acceptors (Lipinski definition) is 13. The van der Waals surface area contributed by atoms with E-state index in [0.717, 1.165) is 54.8 Å². The third-order valence-electron chi connectivity index (χ3n) is 9.51. The molecule has 1 aliphatic heterocycles. The molecule has 3 atom stereocenters. The third kappa shape index (κ3) is 24.6. The first kappa shape index (κ1) is 69.7. The van der Waals surface area contributed by atoms with Gasteiger partial charge in [0.2, 0.25) is 5.91 Å². The summed E-state index contributed by atoms with van der Waals surface area (Å²) in [5.41, 5.74) is 1.38.